The minimum absolute atomic E-state index is 0.278. The minimum Gasteiger partial charge on any atom is -0.473 e. The van der Waals surface area contributed by atoms with Crippen molar-refractivity contribution in [2.24, 2.45) is 0 Å². The summed E-state index contributed by atoms with van der Waals surface area (Å²) in [6.45, 7) is 8.89. The molecule has 2 aromatic heterocycles. The van der Waals surface area contributed by atoms with E-state index in [4.69, 9.17) is 24.2 Å². The van der Waals surface area contributed by atoms with Crippen molar-refractivity contribution in [2.75, 3.05) is 31.1 Å². The number of rotatable bonds is 8. The number of hydrogen-bond acceptors (Lipinski definition) is 7. The second kappa shape index (κ2) is 12.7. The summed E-state index contributed by atoms with van der Waals surface area (Å²) < 4.78 is 17.8. The number of carbonyl (C=O) groups is 1. The van der Waals surface area contributed by atoms with Crippen molar-refractivity contribution in [2.45, 2.75) is 39.6 Å². The number of pyridine rings is 2. The van der Waals surface area contributed by atoms with E-state index < -0.39 is 5.60 Å². The lowest BCUT2D eigenvalue weighted by molar-refractivity contribution is 0.0240. The van der Waals surface area contributed by atoms with Crippen LogP contribution in [0.3, 0.4) is 0 Å². The molecule has 1 fully saturated rings. The molecule has 1 aliphatic rings. The van der Waals surface area contributed by atoms with E-state index in [1.165, 1.54) is 0 Å². The van der Waals surface area contributed by atoms with Gasteiger partial charge in [-0.2, -0.15) is 4.98 Å². The van der Waals surface area contributed by atoms with Crippen LogP contribution in [0.25, 0.3) is 11.3 Å². The number of benzene rings is 2. The zero-order chi connectivity index (χ0) is 28.7. The third kappa shape index (κ3) is 7.75. The molecule has 5 rings (SSSR count). The maximum absolute atomic E-state index is 12.5. The third-order valence-corrected chi connectivity index (χ3v) is 6.55. The normalized spacial score (nSPS) is 13.5. The summed E-state index contributed by atoms with van der Waals surface area (Å²) in [5, 5.41) is 0. The van der Waals surface area contributed by atoms with Crippen molar-refractivity contribution in [1.82, 2.24) is 14.9 Å². The quantitative estimate of drug-likeness (QED) is 0.252. The summed E-state index contributed by atoms with van der Waals surface area (Å²) >= 11 is 0. The Balaban J connectivity index is 1.33. The zero-order valence-electron chi connectivity index (χ0n) is 23.8. The van der Waals surface area contributed by atoms with Crippen molar-refractivity contribution in [1.29, 1.82) is 0 Å². The van der Waals surface area contributed by atoms with Crippen molar-refractivity contribution in [3.05, 3.63) is 102 Å². The molecule has 0 atom stereocenters. The molecule has 0 radical (unpaired) electrons. The monoisotopic (exact) mass is 552 g/mol. The number of anilines is 1. The molecule has 0 N–H and O–H groups in total. The number of hydrogen-bond donors (Lipinski definition) is 0. The van der Waals surface area contributed by atoms with Crippen LogP contribution in [0.4, 0.5) is 10.6 Å². The van der Waals surface area contributed by atoms with Crippen molar-refractivity contribution >= 4 is 11.9 Å². The van der Waals surface area contributed by atoms with Crippen LogP contribution >= 0.6 is 0 Å². The first-order valence-electron chi connectivity index (χ1n) is 13.9. The summed E-state index contributed by atoms with van der Waals surface area (Å²) in [6.07, 6.45) is -0.278. The number of carbonyl (C=O) groups excluding carboxylic acids is 1. The van der Waals surface area contributed by atoms with Crippen LogP contribution in [-0.2, 0) is 18.0 Å². The van der Waals surface area contributed by atoms with Gasteiger partial charge in [-0.05, 0) is 50.1 Å². The van der Waals surface area contributed by atoms with E-state index >= 15 is 0 Å². The van der Waals surface area contributed by atoms with Crippen LogP contribution < -0.4 is 14.4 Å². The highest BCUT2D eigenvalue weighted by molar-refractivity contribution is 5.69. The van der Waals surface area contributed by atoms with Crippen molar-refractivity contribution < 1.29 is 19.0 Å². The Kier molecular flexibility index (Phi) is 8.67. The van der Waals surface area contributed by atoms with Gasteiger partial charge in [-0.25, -0.2) is 9.78 Å². The summed E-state index contributed by atoms with van der Waals surface area (Å²) in [6, 6.07) is 29.7. The van der Waals surface area contributed by atoms with Crippen molar-refractivity contribution in [3.8, 4) is 23.0 Å². The molecule has 0 spiro atoms. The molecule has 212 valence electrons. The van der Waals surface area contributed by atoms with Gasteiger partial charge < -0.3 is 24.0 Å². The molecule has 3 heterocycles. The van der Waals surface area contributed by atoms with E-state index in [-0.39, 0.29) is 6.09 Å². The van der Waals surface area contributed by atoms with Crippen LogP contribution in [0, 0.1) is 0 Å². The van der Waals surface area contributed by atoms with E-state index in [2.05, 4.69) is 4.90 Å². The van der Waals surface area contributed by atoms with Crippen LogP contribution in [0.15, 0.2) is 91.0 Å². The molecule has 8 nitrogen and oxygen atoms in total. The van der Waals surface area contributed by atoms with Gasteiger partial charge in [0.15, 0.2) is 0 Å². The summed E-state index contributed by atoms with van der Waals surface area (Å²) in [5.74, 6) is 1.78. The molecule has 2 aromatic carbocycles. The van der Waals surface area contributed by atoms with Crippen LogP contribution in [0.2, 0.25) is 0 Å². The number of amides is 1. The molecule has 8 heteroatoms. The summed E-state index contributed by atoms with van der Waals surface area (Å²) in [7, 11) is 0. The van der Waals surface area contributed by atoms with Crippen LogP contribution in [0.1, 0.15) is 31.9 Å². The number of aromatic nitrogens is 2. The molecule has 0 bridgehead atoms. The molecule has 4 aromatic rings. The Morgan fingerprint density at radius 2 is 1.37 bits per heavy atom. The molecule has 1 aliphatic heterocycles. The Morgan fingerprint density at radius 1 is 0.732 bits per heavy atom. The summed E-state index contributed by atoms with van der Waals surface area (Å²) in [4.78, 5) is 26.1. The van der Waals surface area contributed by atoms with Gasteiger partial charge in [-0.3, -0.25) is 0 Å². The van der Waals surface area contributed by atoms with Crippen LogP contribution in [-0.4, -0.2) is 52.7 Å². The van der Waals surface area contributed by atoms with Crippen molar-refractivity contribution in [3.63, 3.8) is 0 Å². The Labute approximate surface area is 241 Å². The van der Waals surface area contributed by atoms with E-state index in [0.717, 1.165) is 28.2 Å². The largest absolute Gasteiger partial charge is 0.473 e. The fourth-order valence-corrected chi connectivity index (χ4v) is 4.46. The predicted molar refractivity (Wildman–Crippen MR) is 159 cm³/mol. The fourth-order valence-electron chi connectivity index (χ4n) is 4.46. The standard InChI is InChI=1S/C33H36N4O4/c1-33(2,3)41-32(38)37-21-19-36(20-22-37)29-16-10-15-28(34-29)27-17-18-30(39-23-25-11-6-4-7-12-25)35-31(27)40-24-26-13-8-5-9-14-26/h4-18H,19-24H2,1-3H3. The van der Waals surface area contributed by atoms with Gasteiger partial charge in [0.25, 0.3) is 0 Å². The van der Waals surface area contributed by atoms with Gasteiger partial charge in [0.1, 0.15) is 24.6 Å². The highest BCUT2D eigenvalue weighted by Crippen LogP contribution is 2.31. The smallest absolute Gasteiger partial charge is 0.410 e. The lowest BCUT2D eigenvalue weighted by Crippen LogP contribution is -2.50. The topological polar surface area (TPSA) is 77.0 Å². The first-order valence-corrected chi connectivity index (χ1v) is 13.9. The second-order valence-corrected chi connectivity index (χ2v) is 10.9. The average Bonchev–Trinajstić information content (AvgIpc) is 2.99. The van der Waals surface area contributed by atoms with Gasteiger partial charge in [-0.15, -0.1) is 0 Å². The van der Waals surface area contributed by atoms with Gasteiger partial charge >= 0.3 is 6.09 Å². The van der Waals surface area contributed by atoms with E-state index in [0.29, 0.717) is 51.2 Å². The number of ether oxygens (including phenoxy) is 3. The molecule has 0 aliphatic carbocycles. The summed E-state index contributed by atoms with van der Waals surface area (Å²) in [5.41, 5.74) is 3.12. The first kappa shape index (κ1) is 28.0. The number of piperazine rings is 1. The molecular formula is C33H36N4O4. The highest BCUT2D eigenvalue weighted by atomic mass is 16.6. The van der Waals surface area contributed by atoms with Gasteiger partial charge in [0.05, 0.1) is 11.3 Å². The predicted octanol–water partition coefficient (Wildman–Crippen LogP) is 6.36. The highest BCUT2D eigenvalue weighted by Gasteiger charge is 2.26. The van der Waals surface area contributed by atoms with Gasteiger partial charge in [-0.1, -0.05) is 66.7 Å². The molecule has 0 unspecified atom stereocenters. The SMILES string of the molecule is CC(C)(C)OC(=O)N1CCN(c2cccc(-c3ccc(OCc4ccccc4)nc3OCc3ccccc3)n2)CC1. The first-order chi connectivity index (χ1) is 19.8. The van der Waals surface area contributed by atoms with Gasteiger partial charge in [0.2, 0.25) is 11.8 Å². The Bertz CT molecular complexity index is 1430. The maximum Gasteiger partial charge on any atom is 0.410 e. The van der Waals surface area contributed by atoms with Gasteiger partial charge in [0, 0.05) is 32.2 Å². The van der Waals surface area contributed by atoms with E-state index in [9.17, 15) is 4.79 Å². The zero-order valence-corrected chi connectivity index (χ0v) is 23.8. The molecule has 1 saturated heterocycles. The fraction of sp³-hybridized carbons (Fsp3) is 0.303. The lowest BCUT2D eigenvalue weighted by atomic mass is 10.1. The minimum atomic E-state index is -0.513. The molecule has 41 heavy (non-hydrogen) atoms. The number of nitrogens with zero attached hydrogens (tertiary/aromatic N) is 4. The van der Waals surface area contributed by atoms with E-state index in [1.54, 1.807) is 4.90 Å². The molecule has 1 amide bonds. The van der Waals surface area contributed by atoms with Crippen LogP contribution in [0.5, 0.6) is 11.8 Å². The Morgan fingerprint density at radius 3 is 2.00 bits per heavy atom. The van der Waals surface area contributed by atoms with E-state index in [1.807, 2.05) is 112 Å². The lowest BCUT2D eigenvalue weighted by Gasteiger charge is -2.36. The Hall–Kier alpha value is -4.59. The second-order valence-electron chi connectivity index (χ2n) is 10.9. The third-order valence-electron chi connectivity index (χ3n) is 6.55. The average molecular weight is 553 g/mol. The maximum atomic E-state index is 12.5. The molecular weight excluding hydrogens is 516 g/mol. The molecule has 0 saturated carbocycles.